The monoisotopic (exact) mass is 220 g/mol. The predicted octanol–water partition coefficient (Wildman–Crippen LogP) is 2.60. The Hall–Kier alpha value is -1.16. The minimum absolute atomic E-state index is 0.606. The summed E-state index contributed by atoms with van der Waals surface area (Å²) in [6.45, 7) is 0. The van der Waals surface area contributed by atoms with E-state index in [-0.39, 0.29) is 0 Å². The fourth-order valence-electron chi connectivity index (χ4n) is 2.32. The van der Waals surface area contributed by atoms with E-state index in [1.807, 2.05) is 0 Å². The molecule has 0 radical (unpaired) electrons. The van der Waals surface area contributed by atoms with Crippen LogP contribution in [0.25, 0.3) is 0 Å². The third-order valence-electron chi connectivity index (χ3n) is 3.04. The number of oxime groups is 1. The molecule has 0 aromatic heterocycles. The summed E-state index contributed by atoms with van der Waals surface area (Å²) in [5.74, 6) is 1.57. The summed E-state index contributed by atoms with van der Waals surface area (Å²) in [7, 11) is 0. The van der Waals surface area contributed by atoms with Crippen LogP contribution in [0.15, 0.2) is 29.4 Å². The molecule has 1 aliphatic heterocycles. The van der Waals surface area contributed by atoms with Gasteiger partial charge in [-0.15, -0.1) is 0 Å². The third-order valence-corrected chi connectivity index (χ3v) is 3.51. The van der Waals surface area contributed by atoms with Crippen molar-refractivity contribution in [2.45, 2.75) is 25.2 Å². The summed E-state index contributed by atoms with van der Waals surface area (Å²) >= 11 is 1.19. The quantitative estimate of drug-likeness (QED) is 0.614. The maximum Gasteiger partial charge on any atom is 0.208 e. The second-order valence-corrected chi connectivity index (χ2v) is 4.46. The molecular formula is C11H12N2OS. The van der Waals surface area contributed by atoms with E-state index in [1.54, 1.807) is 0 Å². The highest BCUT2D eigenvalue weighted by Crippen LogP contribution is 2.35. The van der Waals surface area contributed by atoms with E-state index < -0.39 is 0 Å². The normalized spacial score (nSPS) is 22.9. The molecule has 0 saturated carbocycles. The molecule has 3 rings (SSSR count). The fourth-order valence-corrected chi connectivity index (χ4v) is 2.70. The molecule has 0 amide bonds. The topological polar surface area (TPSA) is 33.6 Å². The molecule has 0 fully saturated rings. The molecule has 15 heavy (non-hydrogen) atoms. The Labute approximate surface area is 93.2 Å². The van der Waals surface area contributed by atoms with Gasteiger partial charge in [-0.3, -0.25) is 9.01 Å². The molecule has 0 saturated heterocycles. The average Bonchev–Trinajstić information content (AvgIpc) is 2.89. The highest BCUT2D eigenvalue weighted by Gasteiger charge is 2.24. The number of rotatable bonds is 2. The van der Waals surface area contributed by atoms with Crippen LogP contribution in [0.3, 0.4) is 0 Å². The lowest BCUT2D eigenvalue weighted by Gasteiger charge is -2.09. The lowest BCUT2D eigenvalue weighted by molar-refractivity contribution is 0.414. The van der Waals surface area contributed by atoms with Crippen molar-refractivity contribution in [1.82, 2.24) is 4.72 Å². The number of aryl methyl sites for hydroxylation is 1. The van der Waals surface area contributed by atoms with Gasteiger partial charge in [0.25, 0.3) is 0 Å². The highest BCUT2D eigenvalue weighted by atomic mass is 32.2. The first-order chi connectivity index (χ1) is 7.43. The molecule has 1 aromatic rings. The first kappa shape index (κ1) is 9.09. The first-order valence-electron chi connectivity index (χ1n) is 5.17. The smallest absolute Gasteiger partial charge is 0.208 e. The van der Waals surface area contributed by atoms with Crippen molar-refractivity contribution in [2.75, 3.05) is 0 Å². The summed E-state index contributed by atoms with van der Waals surface area (Å²) in [6, 6.07) is 8.69. The van der Waals surface area contributed by atoms with Crippen LogP contribution in [-0.2, 0) is 10.7 Å². The van der Waals surface area contributed by atoms with Gasteiger partial charge < -0.3 is 0 Å². The van der Waals surface area contributed by atoms with Crippen LogP contribution in [-0.4, -0.2) is 5.84 Å². The average molecular weight is 220 g/mol. The molecule has 1 heterocycles. The number of nitrogens with zero attached hydrogens (tertiary/aromatic N) is 1. The number of nitrogens with one attached hydrogen (secondary N) is 1. The largest absolute Gasteiger partial charge is 0.297 e. The zero-order chi connectivity index (χ0) is 10.1. The van der Waals surface area contributed by atoms with Crippen LogP contribution >= 0.6 is 12.2 Å². The van der Waals surface area contributed by atoms with Crippen LogP contribution < -0.4 is 4.72 Å². The molecule has 0 bridgehead atoms. The molecule has 3 nitrogen and oxygen atoms in total. The molecule has 1 N–H and O–H groups in total. The van der Waals surface area contributed by atoms with Crippen molar-refractivity contribution >= 4 is 18.1 Å². The molecule has 2 aliphatic rings. The van der Waals surface area contributed by atoms with Crippen LogP contribution in [0.1, 0.15) is 29.9 Å². The second kappa shape index (κ2) is 3.77. The van der Waals surface area contributed by atoms with Gasteiger partial charge in [-0.1, -0.05) is 29.4 Å². The number of amidine groups is 1. The van der Waals surface area contributed by atoms with Crippen molar-refractivity contribution in [3.05, 3.63) is 35.4 Å². The van der Waals surface area contributed by atoms with Gasteiger partial charge in [0, 0.05) is 6.42 Å². The molecule has 1 aliphatic carbocycles. The van der Waals surface area contributed by atoms with Crippen LogP contribution in [0.4, 0.5) is 0 Å². The molecule has 1 unspecified atom stereocenters. The lowest BCUT2D eigenvalue weighted by Crippen LogP contribution is -2.14. The fraction of sp³-hybridized carbons (Fsp3) is 0.364. The maximum atomic E-state index is 4.85. The molecule has 1 atom stereocenters. The Kier molecular flexibility index (Phi) is 2.29. The van der Waals surface area contributed by atoms with E-state index in [9.17, 15) is 0 Å². The predicted molar refractivity (Wildman–Crippen MR) is 61.4 cm³/mol. The van der Waals surface area contributed by atoms with Crippen LogP contribution in [0.2, 0.25) is 0 Å². The van der Waals surface area contributed by atoms with Gasteiger partial charge in [0.2, 0.25) is 12.2 Å². The minimum Gasteiger partial charge on any atom is -0.297 e. The van der Waals surface area contributed by atoms with E-state index in [1.165, 1.54) is 36.2 Å². The summed E-state index contributed by atoms with van der Waals surface area (Å²) < 4.78 is 7.91. The van der Waals surface area contributed by atoms with Gasteiger partial charge in [-0.25, -0.2) is 0 Å². The van der Waals surface area contributed by atoms with E-state index >= 15 is 0 Å². The molecule has 1 aromatic carbocycles. The highest BCUT2D eigenvalue weighted by molar-refractivity contribution is 7.93. The Morgan fingerprint density at radius 2 is 2.40 bits per heavy atom. The van der Waals surface area contributed by atoms with E-state index in [4.69, 9.17) is 4.28 Å². The number of benzene rings is 1. The van der Waals surface area contributed by atoms with Crippen molar-refractivity contribution in [1.29, 1.82) is 0 Å². The summed E-state index contributed by atoms with van der Waals surface area (Å²) in [6.07, 6.45) is 3.39. The Balaban J connectivity index is 1.79. The summed E-state index contributed by atoms with van der Waals surface area (Å²) in [5.41, 5.74) is 2.98. The van der Waals surface area contributed by atoms with Crippen molar-refractivity contribution < 1.29 is 4.28 Å². The van der Waals surface area contributed by atoms with Crippen molar-refractivity contribution in [3.63, 3.8) is 0 Å². The Morgan fingerprint density at radius 1 is 1.47 bits per heavy atom. The second-order valence-electron chi connectivity index (χ2n) is 3.94. The van der Waals surface area contributed by atoms with E-state index in [0.717, 1.165) is 12.3 Å². The van der Waals surface area contributed by atoms with Gasteiger partial charge in [-0.2, -0.15) is 0 Å². The number of hydrogen-bond acceptors (Lipinski definition) is 4. The SMILES string of the molecule is c1ccc2c(c1)CCC2CC1=NOSN1. The maximum absolute atomic E-state index is 4.85. The Morgan fingerprint density at radius 3 is 3.27 bits per heavy atom. The van der Waals surface area contributed by atoms with Gasteiger partial charge in [0.15, 0.2) is 5.84 Å². The third kappa shape index (κ3) is 1.69. The summed E-state index contributed by atoms with van der Waals surface area (Å²) in [5, 5.41) is 3.94. The first-order valence-corrected chi connectivity index (χ1v) is 5.91. The van der Waals surface area contributed by atoms with Gasteiger partial charge in [0.05, 0.1) is 0 Å². The van der Waals surface area contributed by atoms with Crippen LogP contribution in [0, 0.1) is 0 Å². The van der Waals surface area contributed by atoms with Gasteiger partial charge >= 0.3 is 0 Å². The van der Waals surface area contributed by atoms with E-state index in [2.05, 4.69) is 34.1 Å². The van der Waals surface area contributed by atoms with Gasteiger partial charge in [-0.05, 0) is 29.9 Å². The zero-order valence-corrected chi connectivity index (χ0v) is 9.09. The van der Waals surface area contributed by atoms with Crippen molar-refractivity contribution in [3.8, 4) is 0 Å². The summed E-state index contributed by atoms with van der Waals surface area (Å²) in [4.78, 5) is 0. The number of fused-ring (bicyclic) bond motifs is 1. The molecular weight excluding hydrogens is 208 g/mol. The molecule has 0 spiro atoms. The van der Waals surface area contributed by atoms with Gasteiger partial charge in [0.1, 0.15) is 0 Å². The molecule has 4 heteroatoms. The van der Waals surface area contributed by atoms with Crippen molar-refractivity contribution in [2.24, 2.45) is 5.16 Å². The Bertz CT molecular complexity index is 405. The zero-order valence-electron chi connectivity index (χ0n) is 8.27. The van der Waals surface area contributed by atoms with Crippen LogP contribution in [0.5, 0.6) is 0 Å². The number of hydrogen-bond donors (Lipinski definition) is 1. The standard InChI is InChI=1S/C11H12N2OS/c1-2-4-10-8(3-1)5-6-9(10)7-11-12-14-15-13-11/h1-4,9H,5-7H2,(H,12,13). The van der Waals surface area contributed by atoms with E-state index in [0.29, 0.717) is 5.92 Å². The molecule has 78 valence electrons. The lowest BCUT2D eigenvalue weighted by atomic mass is 9.97. The minimum atomic E-state index is 0.606.